The molecule has 25 heavy (non-hydrogen) atoms. The zero-order chi connectivity index (χ0) is 17.4. The predicted octanol–water partition coefficient (Wildman–Crippen LogP) is 3.56. The minimum Gasteiger partial charge on any atom is -0.493 e. The molecule has 0 bridgehead atoms. The maximum atomic E-state index is 10.8. The smallest absolute Gasteiger partial charge is 0.161 e. The molecule has 138 valence electrons. The third-order valence-electron chi connectivity index (χ3n) is 6.70. The molecule has 0 aromatic heterocycles. The Kier molecular flexibility index (Phi) is 4.92. The van der Waals surface area contributed by atoms with Crippen LogP contribution in [0.5, 0.6) is 11.5 Å². The van der Waals surface area contributed by atoms with E-state index in [1.807, 2.05) is 0 Å². The second kappa shape index (κ2) is 7.16. The van der Waals surface area contributed by atoms with Crippen molar-refractivity contribution in [2.24, 2.45) is 11.8 Å². The molecule has 2 aliphatic heterocycles. The maximum Gasteiger partial charge on any atom is 0.161 e. The fraction of sp³-hybridized carbons (Fsp3) is 0.714. The molecule has 3 atom stereocenters. The topological polar surface area (TPSA) is 41.9 Å². The highest BCUT2D eigenvalue weighted by molar-refractivity contribution is 5.49. The standard InChI is InChI=1S/C21H31NO3/c1-24-20-10-15-7-8-22-13-16(9-14-5-3-4-6-14)19(23)12-18(22)17(15)11-21(20)25-2/h10-11,14,16,18-19,23H,3-9,12-13H2,1-2H3/t16?,18?,19-/m1/s1. The van der Waals surface area contributed by atoms with E-state index in [2.05, 4.69) is 17.0 Å². The Hall–Kier alpha value is -1.26. The molecule has 1 saturated carbocycles. The van der Waals surface area contributed by atoms with Crippen LogP contribution < -0.4 is 9.47 Å². The van der Waals surface area contributed by atoms with Crippen LogP contribution in [0.2, 0.25) is 0 Å². The molecule has 2 unspecified atom stereocenters. The first-order valence-electron chi connectivity index (χ1n) is 9.86. The summed E-state index contributed by atoms with van der Waals surface area (Å²) in [6.07, 6.45) is 8.44. The van der Waals surface area contributed by atoms with Gasteiger partial charge in [-0.2, -0.15) is 0 Å². The quantitative estimate of drug-likeness (QED) is 0.906. The summed E-state index contributed by atoms with van der Waals surface area (Å²) < 4.78 is 11.0. The van der Waals surface area contributed by atoms with Gasteiger partial charge >= 0.3 is 0 Å². The van der Waals surface area contributed by atoms with E-state index in [9.17, 15) is 5.11 Å². The van der Waals surface area contributed by atoms with Crippen LogP contribution in [0.15, 0.2) is 12.1 Å². The number of fused-ring (bicyclic) bond motifs is 3. The molecule has 1 N–H and O–H groups in total. The van der Waals surface area contributed by atoms with Crippen molar-refractivity contribution in [1.82, 2.24) is 4.90 Å². The van der Waals surface area contributed by atoms with Crippen molar-refractivity contribution >= 4 is 0 Å². The summed E-state index contributed by atoms with van der Waals surface area (Å²) in [4.78, 5) is 2.60. The first kappa shape index (κ1) is 17.2. The SMILES string of the molecule is COc1cc2c(cc1OC)C1C[C@@H](O)C(CC3CCCC3)CN1CC2. The van der Waals surface area contributed by atoms with Crippen LogP contribution in [0.3, 0.4) is 0 Å². The number of piperidine rings is 1. The van der Waals surface area contributed by atoms with Crippen LogP contribution in [-0.2, 0) is 6.42 Å². The first-order chi connectivity index (χ1) is 12.2. The molecule has 0 spiro atoms. The Labute approximate surface area is 151 Å². The number of hydrogen-bond donors (Lipinski definition) is 1. The lowest BCUT2D eigenvalue weighted by molar-refractivity contribution is -0.0204. The summed E-state index contributed by atoms with van der Waals surface area (Å²) in [6, 6.07) is 4.58. The van der Waals surface area contributed by atoms with Gasteiger partial charge in [0.2, 0.25) is 0 Å². The molecule has 3 aliphatic rings. The molecule has 2 fully saturated rings. The second-order valence-corrected chi connectivity index (χ2v) is 8.12. The van der Waals surface area contributed by atoms with E-state index in [1.165, 1.54) is 43.2 Å². The van der Waals surface area contributed by atoms with Crippen molar-refractivity contribution in [3.63, 3.8) is 0 Å². The molecule has 1 aromatic carbocycles. The summed E-state index contributed by atoms with van der Waals surface area (Å²) in [6.45, 7) is 2.12. The zero-order valence-electron chi connectivity index (χ0n) is 15.5. The molecular weight excluding hydrogens is 314 g/mol. The fourth-order valence-electron chi connectivity index (χ4n) is 5.32. The van der Waals surface area contributed by atoms with E-state index in [1.54, 1.807) is 14.2 Å². The minimum atomic E-state index is -0.180. The van der Waals surface area contributed by atoms with Crippen molar-refractivity contribution in [2.45, 2.75) is 57.1 Å². The minimum absolute atomic E-state index is 0.180. The lowest BCUT2D eigenvalue weighted by Gasteiger charge is -2.46. The summed E-state index contributed by atoms with van der Waals surface area (Å²) in [7, 11) is 3.38. The van der Waals surface area contributed by atoms with E-state index >= 15 is 0 Å². The van der Waals surface area contributed by atoms with E-state index in [0.717, 1.165) is 43.3 Å². The van der Waals surface area contributed by atoms with Crippen molar-refractivity contribution in [2.75, 3.05) is 27.3 Å². The number of rotatable bonds is 4. The van der Waals surface area contributed by atoms with E-state index in [0.29, 0.717) is 12.0 Å². The van der Waals surface area contributed by atoms with Gasteiger partial charge in [0.15, 0.2) is 11.5 Å². The van der Waals surface area contributed by atoms with E-state index in [-0.39, 0.29) is 6.10 Å². The Morgan fingerprint density at radius 3 is 2.56 bits per heavy atom. The van der Waals surface area contributed by atoms with Crippen LogP contribution in [0.4, 0.5) is 0 Å². The van der Waals surface area contributed by atoms with Gasteiger partial charge in [-0.1, -0.05) is 25.7 Å². The van der Waals surface area contributed by atoms with Gasteiger partial charge in [-0.15, -0.1) is 0 Å². The number of nitrogens with zero attached hydrogens (tertiary/aromatic N) is 1. The molecule has 1 saturated heterocycles. The Bertz CT molecular complexity index is 611. The highest BCUT2D eigenvalue weighted by Gasteiger charge is 2.39. The summed E-state index contributed by atoms with van der Waals surface area (Å²) in [5.41, 5.74) is 2.67. The van der Waals surface area contributed by atoms with E-state index in [4.69, 9.17) is 9.47 Å². The van der Waals surface area contributed by atoms with Gasteiger partial charge in [-0.3, -0.25) is 4.90 Å². The molecule has 2 heterocycles. The van der Waals surface area contributed by atoms with Gasteiger partial charge in [0.1, 0.15) is 0 Å². The third kappa shape index (κ3) is 3.26. The Morgan fingerprint density at radius 1 is 1.12 bits per heavy atom. The number of aliphatic hydroxyl groups is 1. The van der Waals surface area contributed by atoms with Crippen LogP contribution >= 0.6 is 0 Å². The number of methoxy groups -OCH3 is 2. The monoisotopic (exact) mass is 345 g/mol. The van der Waals surface area contributed by atoms with Gasteiger partial charge in [-0.05, 0) is 54.4 Å². The van der Waals surface area contributed by atoms with Gasteiger partial charge in [0.25, 0.3) is 0 Å². The van der Waals surface area contributed by atoms with Crippen molar-refractivity contribution < 1.29 is 14.6 Å². The zero-order valence-corrected chi connectivity index (χ0v) is 15.5. The fourth-order valence-corrected chi connectivity index (χ4v) is 5.32. The lowest BCUT2D eigenvalue weighted by atomic mass is 9.78. The molecule has 4 rings (SSSR count). The predicted molar refractivity (Wildman–Crippen MR) is 98.3 cm³/mol. The normalized spacial score (nSPS) is 30.0. The largest absolute Gasteiger partial charge is 0.493 e. The van der Waals surface area contributed by atoms with Crippen LogP contribution in [0.1, 0.15) is 55.7 Å². The molecule has 1 aromatic rings. The highest BCUT2D eigenvalue weighted by atomic mass is 16.5. The molecule has 0 radical (unpaired) electrons. The summed E-state index contributed by atoms with van der Waals surface area (Å²) in [5, 5.41) is 10.8. The van der Waals surface area contributed by atoms with Gasteiger partial charge in [-0.25, -0.2) is 0 Å². The van der Waals surface area contributed by atoms with Gasteiger partial charge < -0.3 is 14.6 Å². The lowest BCUT2D eigenvalue weighted by Crippen LogP contribution is -2.48. The first-order valence-corrected chi connectivity index (χ1v) is 9.86. The van der Waals surface area contributed by atoms with Crippen LogP contribution in [0, 0.1) is 11.8 Å². The van der Waals surface area contributed by atoms with Crippen LogP contribution in [-0.4, -0.2) is 43.4 Å². The highest BCUT2D eigenvalue weighted by Crippen LogP contribution is 2.44. The van der Waals surface area contributed by atoms with Crippen molar-refractivity contribution in [3.8, 4) is 11.5 Å². The van der Waals surface area contributed by atoms with Gasteiger partial charge in [0.05, 0.1) is 20.3 Å². The number of hydrogen-bond acceptors (Lipinski definition) is 4. The molecular formula is C21H31NO3. The molecule has 4 nitrogen and oxygen atoms in total. The summed E-state index contributed by atoms with van der Waals surface area (Å²) >= 11 is 0. The Morgan fingerprint density at radius 2 is 1.84 bits per heavy atom. The molecule has 0 amide bonds. The van der Waals surface area contributed by atoms with Gasteiger partial charge in [0, 0.05) is 19.1 Å². The Balaban J connectivity index is 1.54. The second-order valence-electron chi connectivity index (χ2n) is 8.12. The van der Waals surface area contributed by atoms with Crippen molar-refractivity contribution in [3.05, 3.63) is 23.3 Å². The maximum absolute atomic E-state index is 10.8. The molecule has 4 heteroatoms. The molecule has 1 aliphatic carbocycles. The summed E-state index contributed by atoms with van der Waals surface area (Å²) in [5.74, 6) is 2.90. The number of ether oxygens (including phenoxy) is 2. The third-order valence-corrected chi connectivity index (χ3v) is 6.70. The van der Waals surface area contributed by atoms with Crippen molar-refractivity contribution in [1.29, 1.82) is 0 Å². The number of benzene rings is 1. The van der Waals surface area contributed by atoms with E-state index < -0.39 is 0 Å². The average Bonchev–Trinajstić information content (AvgIpc) is 3.14. The average molecular weight is 345 g/mol. The van der Waals surface area contributed by atoms with Crippen LogP contribution in [0.25, 0.3) is 0 Å². The number of aliphatic hydroxyl groups excluding tert-OH is 1.